The van der Waals surface area contributed by atoms with E-state index in [4.69, 9.17) is 14.2 Å². The molecule has 168 valence electrons. The van der Waals surface area contributed by atoms with Gasteiger partial charge in [0.1, 0.15) is 11.5 Å². The molecule has 2 aromatic rings. The van der Waals surface area contributed by atoms with Crippen LogP contribution in [0.1, 0.15) is 6.92 Å². The van der Waals surface area contributed by atoms with Crippen LogP contribution >= 0.6 is 11.8 Å². The first-order chi connectivity index (χ1) is 14.8. The Kier molecular flexibility index (Phi) is 7.82. The standard InChI is InChI=1S/C21H26N2O6S2/c1-15(30-17-6-4-16(27-2)5-7-17)21(24)22-19-14-18(8-9-20(19)28-3)31(25,26)23-10-12-29-13-11-23/h4-9,14-15H,10-13H2,1-3H3,(H,22,24)/t15-/m0/s1. The summed E-state index contributed by atoms with van der Waals surface area (Å²) in [4.78, 5) is 13.8. The van der Waals surface area contributed by atoms with E-state index in [0.29, 0.717) is 37.7 Å². The maximum atomic E-state index is 13.0. The van der Waals surface area contributed by atoms with E-state index in [1.807, 2.05) is 24.3 Å². The second-order valence-corrected chi connectivity index (χ2v) is 10.2. The van der Waals surface area contributed by atoms with Gasteiger partial charge in [-0.05, 0) is 49.4 Å². The molecule has 1 N–H and O–H groups in total. The highest BCUT2D eigenvalue weighted by Gasteiger charge is 2.27. The minimum atomic E-state index is -3.69. The molecule has 0 bridgehead atoms. The first-order valence-electron chi connectivity index (χ1n) is 9.72. The van der Waals surface area contributed by atoms with Gasteiger partial charge in [-0.25, -0.2) is 8.42 Å². The summed E-state index contributed by atoms with van der Waals surface area (Å²) in [5, 5.41) is 2.38. The zero-order valence-electron chi connectivity index (χ0n) is 17.7. The van der Waals surface area contributed by atoms with Crippen molar-refractivity contribution in [3.8, 4) is 11.5 Å². The van der Waals surface area contributed by atoms with Gasteiger partial charge < -0.3 is 19.5 Å². The number of rotatable bonds is 8. The topological polar surface area (TPSA) is 94.2 Å². The van der Waals surface area contributed by atoms with Crippen LogP contribution in [0.3, 0.4) is 0 Å². The van der Waals surface area contributed by atoms with Crippen LogP contribution in [0.25, 0.3) is 0 Å². The van der Waals surface area contributed by atoms with E-state index in [0.717, 1.165) is 10.6 Å². The van der Waals surface area contributed by atoms with Crippen LogP contribution in [0.2, 0.25) is 0 Å². The van der Waals surface area contributed by atoms with Crippen LogP contribution in [0.5, 0.6) is 11.5 Å². The number of thioether (sulfide) groups is 1. The van der Waals surface area contributed by atoms with Gasteiger partial charge in [0.25, 0.3) is 0 Å². The average Bonchev–Trinajstić information content (AvgIpc) is 2.80. The van der Waals surface area contributed by atoms with E-state index in [2.05, 4.69) is 5.32 Å². The van der Waals surface area contributed by atoms with Crippen molar-refractivity contribution < 1.29 is 27.4 Å². The van der Waals surface area contributed by atoms with Gasteiger partial charge in [-0.1, -0.05) is 0 Å². The molecule has 1 heterocycles. The number of carbonyl (C=O) groups is 1. The molecule has 0 spiro atoms. The second-order valence-electron chi connectivity index (χ2n) is 6.80. The van der Waals surface area contributed by atoms with Gasteiger partial charge in [0.15, 0.2) is 0 Å². The number of carbonyl (C=O) groups excluding carboxylic acids is 1. The summed E-state index contributed by atoms with van der Waals surface area (Å²) in [6.45, 7) is 3.10. The number of morpholine rings is 1. The van der Waals surface area contributed by atoms with Crippen molar-refractivity contribution in [2.45, 2.75) is 22.0 Å². The molecule has 1 aliphatic heterocycles. The fourth-order valence-electron chi connectivity index (χ4n) is 3.03. The molecule has 8 nitrogen and oxygen atoms in total. The highest BCUT2D eigenvalue weighted by molar-refractivity contribution is 8.00. The van der Waals surface area contributed by atoms with Gasteiger partial charge in [-0.2, -0.15) is 4.31 Å². The summed E-state index contributed by atoms with van der Waals surface area (Å²) in [6.07, 6.45) is 0. The monoisotopic (exact) mass is 466 g/mol. The lowest BCUT2D eigenvalue weighted by Gasteiger charge is -2.26. The first kappa shape index (κ1) is 23.4. The molecule has 0 aromatic heterocycles. The number of benzene rings is 2. The summed E-state index contributed by atoms with van der Waals surface area (Å²) < 4.78 is 43.0. The predicted octanol–water partition coefficient (Wildman–Crippen LogP) is 2.84. The lowest BCUT2D eigenvalue weighted by Crippen LogP contribution is -2.40. The highest BCUT2D eigenvalue weighted by Crippen LogP contribution is 2.31. The third-order valence-corrected chi connectivity index (χ3v) is 7.78. The third-order valence-electron chi connectivity index (χ3n) is 4.78. The Hall–Kier alpha value is -2.27. The van der Waals surface area contributed by atoms with Gasteiger partial charge in [0, 0.05) is 18.0 Å². The van der Waals surface area contributed by atoms with E-state index in [9.17, 15) is 13.2 Å². The van der Waals surface area contributed by atoms with E-state index in [1.165, 1.54) is 35.3 Å². The summed E-state index contributed by atoms with van der Waals surface area (Å²) in [5.41, 5.74) is 0.309. The Morgan fingerprint density at radius 1 is 1.10 bits per heavy atom. The quantitative estimate of drug-likeness (QED) is 0.598. The Bertz CT molecular complexity index is 1010. The highest BCUT2D eigenvalue weighted by atomic mass is 32.2. The summed E-state index contributed by atoms with van der Waals surface area (Å²) in [5.74, 6) is 0.862. The number of nitrogens with zero attached hydrogens (tertiary/aromatic N) is 1. The molecule has 31 heavy (non-hydrogen) atoms. The number of amides is 1. The van der Waals surface area contributed by atoms with Crippen molar-refractivity contribution in [2.75, 3.05) is 45.8 Å². The van der Waals surface area contributed by atoms with Crippen molar-refractivity contribution in [3.63, 3.8) is 0 Å². The zero-order chi connectivity index (χ0) is 22.4. The smallest absolute Gasteiger partial charge is 0.243 e. The molecular weight excluding hydrogens is 440 g/mol. The number of nitrogens with one attached hydrogen (secondary N) is 1. The molecular formula is C21H26N2O6S2. The lowest BCUT2D eigenvalue weighted by atomic mass is 10.3. The van der Waals surface area contributed by atoms with Crippen molar-refractivity contribution >= 4 is 33.4 Å². The molecule has 10 heteroatoms. The third kappa shape index (κ3) is 5.70. The Balaban J connectivity index is 1.75. The maximum absolute atomic E-state index is 13.0. The first-order valence-corrected chi connectivity index (χ1v) is 12.0. The number of sulfonamides is 1. The van der Waals surface area contributed by atoms with Crippen LogP contribution in [-0.2, 0) is 19.6 Å². The Morgan fingerprint density at radius 3 is 2.39 bits per heavy atom. The van der Waals surface area contributed by atoms with Gasteiger partial charge in [0.05, 0.1) is 43.3 Å². The van der Waals surface area contributed by atoms with Crippen LogP contribution in [-0.4, -0.2) is 64.4 Å². The van der Waals surface area contributed by atoms with Crippen molar-refractivity contribution in [1.29, 1.82) is 0 Å². The van der Waals surface area contributed by atoms with E-state index >= 15 is 0 Å². The molecule has 0 unspecified atom stereocenters. The molecule has 0 radical (unpaired) electrons. The zero-order valence-corrected chi connectivity index (χ0v) is 19.3. The Labute approximate surface area is 186 Å². The molecule has 1 aliphatic rings. The second kappa shape index (κ2) is 10.4. The number of methoxy groups -OCH3 is 2. The molecule has 0 aliphatic carbocycles. The predicted molar refractivity (Wildman–Crippen MR) is 120 cm³/mol. The molecule has 2 aromatic carbocycles. The minimum absolute atomic E-state index is 0.0981. The van der Waals surface area contributed by atoms with E-state index in [1.54, 1.807) is 20.1 Å². The molecule has 3 rings (SSSR count). The molecule has 1 atom stereocenters. The Morgan fingerprint density at radius 2 is 1.77 bits per heavy atom. The van der Waals surface area contributed by atoms with Crippen molar-refractivity contribution in [2.24, 2.45) is 0 Å². The molecule has 0 saturated carbocycles. The largest absolute Gasteiger partial charge is 0.497 e. The maximum Gasteiger partial charge on any atom is 0.243 e. The number of anilines is 1. The van der Waals surface area contributed by atoms with Crippen LogP contribution in [0.15, 0.2) is 52.3 Å². The van der Waals surface area contributed by atoms with Gasteiger partial charge >= 0.3 is 0 Å². The normalized spacial score (nSPS) is 15.8. The van der Waals surface area contributed by atoms with Crippen LogP contribution in [0.4, 0.5) is 5.69 Å². The van der Waals surface area contributed by atoms with Crippen molar-refractivity contribution in [3.05, 3.63) is 42.5 Å². The van der Waals surface area contributed by atoms with Crippen molar-refractivity contribution in [1.82, 2.24) is 4.31 Å². The molecule has 1 fully saturated rings. The average molecular weight is 467 g/mol. The van der Waals surface area contributed by atoms with E-state index < -0.39 is 15.3 Å². The van der Waals surface area contributed by atoms with Crippen LogP contribution in [0, 0.1) is 0 Å². The minimum Gasteiger partial charge on any atom is -0.497 e. The number of hydrogen-bond acceptors (Lipinski definition) is 7. The van der Waals surface area contributed by atoms with Crippen LogP contribution < -0.4 is 14.8 Å². The van der Waals surface area contributed by atoms with Gasteiger partial charge in [-0.15, -0.1) is 11.8 Å². The fourth-order valence-corrected chi connectivity index (χ4v) is 5.33. The lowest BCUT2D eigenvalue weighted by molar-refractivity contribution is -0.115. The number of ether oxygens (including phenoxy) is 3. The van der Waals surface area contributed by atoms with E-state index in [-0.39, 0.29) is 10.8 Å². The van der Waals surface area contributed by atoms with Gasteiger partial charge in [-0.3, -0.25) is 4.79 Å². The summed E-state index contributed by atoms with van der Waals surface area (Å²) in [6, 6.07) is 11.9. The molecule has 1 saturated heterocycles. The summed E-state index contributed by atoms with van der Waals surface area (Å²) in [7, 11) is -0.626. The SMILES string of the molecule is COc1ccc(S[C@@H](C)C(=O)Nc2cc(S(=O)(=O)N3CCOCC3)ccc2OC)cc1. The fraction of sp³-hybridized carbons (Fsp3) is 0.381. The van der Waals surface area contributed by atoms with Gasteiger partial charge in [0.2, 0.25) is 15.9 Å². The number of hydrogen-bond donors (Lipinski definition) is 1. The molecule has 1 amide bonds. The summed E-state index contributed by atoms with van der Waals surface area (Å²) >= 11 is 1.39.